The molecule has 0 amide bonds. The Morgan fingerprint density at radius 2 is 2.16 bits per heavy atom. The predicted molar refractivity (Wildman–Crippen MR) is 77.2 cm³/mol. The number of hydrogen-bond acceptors (Lipinski definition) is 3. The topological polar surface area (TPSA) is 39.1 Å². The van der Waals surface area contributed by atoms with Crippen molar-refractivity contribution in [3.63, 3.8) is 0 Å². The molecule has 0 aliphatic carbocycles. The first-order chi connectivity index (χ1) is 9.42. The number of nitrogens with one attached hydrogen (secondary N) is 1. The molecular formula is C15H27N3O. The molecule has 108 valence electrons. The van der Waals surface area contributed by atoms with Crippen LogP contribution in [0.5, 0.6) is 0 Å². The van der Waals surface area contributed by atoms with Crippen molar-refractivity contribution in [1.82, 2.24) is 14.9 Å². The summed E-state index contributed by atoms with van der Waals surface area (Å²) in [4.78, 5) is 4.28. The molecule has 4 nitrogen and oxygen atoms in total. The third-order valence-electron chi connectivity index (χ3n) is 3.75. The maximum atomic E-state index is 5.80. The first kappa shape index (κ1) is 14.5. The van der Waals surface area contributed by atoms with Crippen molar-refractivity contribution in [3.05, 3.63) is 18.2 Å². The number of aromatic nitrogens is 2. The number of aryl methyl sites for hydroxylation is 1. The van der Waals surface area contributed by atoms with Gasteiger partial charge in [0.2, 0.25) is 0 Å². The van der Waals surface area contributed by atoms with Gasteiger partial charge in [-0.05, 0) is 6.42 Å². The fraction of sp³-hybridized carbons (Fsp3) is 0.800. The van der Waals surface area contributed by atoms with Crippen molar-refractivity contribution in [3.8, 4) is 0 Å². The molecule has 2 heterocycles. The third kappa shape index (κ3) is 4.62. The SMILES string of the molecule is CCCCCCCCn1cncc1C1CNCCO1. The van der Waals surface area contributed by atoms with E-state index in [2.05, 4.69) is 21.8 Å². The van der Waals surface area contributed by atoms with Gasteiger partial charge in [0.25, 0.3) is 0 Å². The van der Waals surface area contributed by atoms with Crippen molar-refractivity contribution in [2.45, 2.75) is 58.1 Å². The second-order valence-electron chi connectivity index (χ2n) is 5.34. The largest absolute Gasteiger partial charge is 0.369 e. The Kier molecular flexibility index (Phi) is 6.37. The zero-order valence-electron chi connectivity index (χ0n) is 12.1. The van der Waals surface area contributed by atoms with Gasteiger partial charge in [0.05, 0.1) is 24.8 Å². The van der Waals surface area contributed by atoms with E-state index in [4.69, 9.17) is 4.74 Å². The summed E-state index contributed by atoms with van der Waals surface area (Å²) in [6.45, 7) is 5.99. The van der Waals surface area contributed by atoms with Crippen molar-refractivity contribution in [1.29, 1.82) is 0 Å². The highest BCUT2D eigenvalue weighted by atomic mass is 16.5. The Bertz CT molecular complexity index is 345. The van der Waals surface area contributed by atoms with Gasteiger partial charge in [0.1, 0.15) is 6.10 Å². The van der Waals surface area contributed by atoms with Crippen LogP contribution in [0.3, 0.4) is 0 Å². The van der Waals surface area contributed by atoms with E-state index in [1.807, 2.05) is 12.5 Å². The van der Waals surface area contributed by atoms with Gasteiger partial charge >= 0.3 is 0 Å². The lowest BCUT2D eigenvalue weighted by atomic mass is 10.1. The highest BCUT2D eigenvalue weighted by molar-refractivity contribution is 5.04. The molecular weight excluding hydrogens is 238 g/mol. The van der Waals surface area contributed by atoms with E-state index >= 15 is 0 Å². The van der Waals surface area contributed by atoms with Gasteiger partial charge in [-0.2, -0.15) is 0 Å². The third-order valence-corrected chi connectivity index (χ3v) is 3.75. The van der Waals surface area contributed by atoms with Crippen LogP contribution < -0.4 is 5.32 Å². The van der Waals surface area contributed by atoms with Crippen LogP contribution in [0.15, 0.2) is 12.5 Å². The van der Waals surface area contributed by atoms with E-state index in [0.717, 1.165) is 26.2 Å². The summed E-state index contributed by atoms with van der Waals surface area (Å²) >= 11 is 0. The van der Waals surface area contributed by atoms with Crippen molar-refractivity contribution in [2.24, 2.45) is 0 Å². The summed E-state index contributed by atoms with van der Waals surface area (Å²) in [5.74, 6) is 0. The fourth-order valence-electron chi connectivity index (χ4n) is 2.60. The molecule has 1 aromatic heterocycles. The maximum absolute atomic E-state index is 5.80. The highest BCUT2D eigenvalue weighted by Gasteiger charge is 2.19. The summed E-state index contributed by atoms with van der Waals surface area (Å²) in [5.41, 5.74) is 1.22. The van der Waals surface area contributed by atoms with Crippen LogP contribution in [-0.4, -0.2) is 29.2 Å². The molecule has 1 atom stereocenters. The van der Waals surface area contributed by atoms with Gasteiger partial charge < -0.3 is 14.6 Å². The molecule has 1 unspecified atom stereocenters. The molecule has 1 N–H and O–H groups in total. The van der Waals surface area contributed by atoms with E-state index in [0.29, 0.717) is 0 Å². The van der Waals surface area contributed by atoms with Crippen LogP contribution in [0, 0.1) is 0 Å². The zero-order chi connectivity index (χ0) is 13.3. The monoisotopic (exact) mass is 265 g/mol. The summed E-state index contributed by atoms with van der Waals surface area (Å²) in [5, 5.41) is 3.37. The van der Waals surface area contributed by atoms with Gasteiger partial charge in [0, 0.05) is 19.6 Å². The number of hydrogen-bond donors (Lipinski definition) is 1. The minimum absolute atomic E-state index is 0.177. The first-order valence-corrected chi connectivity index (χ1v) is 7.74. The van der Waals surface area contributed by atoms with E-state index in [1.54, 1.807) is 0 Å². The lowest BCUT2D eigenvalue weighted by Gasteiger charge is -2.24. The van der Waals surface area contributed by atoms with E-state index in [9.17, 15) is 0 Å². The van der Waals surface area contributed by atoms with Crippen molar-refractivity contribution < 1.29 is 4.74 Å². The molecule has 0 spiro atoms. The number of rotatable bonds is 8. The second kappa shape index (κ2) is 8.33. The molecule has 1 fully saturated rings. The summed E-state index contributed by atoms with van der Waals surface area (Å²) in [6, 6.07) is 0. The molecule has 0 radical (unpaired) electrons. The quantitative estimate of drug-likeness (QED) is 0.735. The highest BCUT2D eigenvalue weighted by Crippen LogP contribution is 2.19. The van der Waals surface area contributed by atoms with Crippen LogP contribution in [-0.2, 0) is 11.3 Å². The first-order valence-electron chi connectivity index (χ1n) is 7.74. The molecule has 2 rings (SSSR count). The molecule has 1 aromatic rings. The van der Waals surface area contributed by atoms with Crippen LogP contribution in [0.25, 0.3) is 0 Å². The van der Waals surface area contributed by atoms with E-state index in [1.165, 1.54) is 44.2 Å². The average molecular weight is 265 g/mol. The van der Waals surface area contributed by atoms with Crippen molar-refractivity contribution in [2.75, 3.05) is 19.7 Å². The summed E-state index contributed by atoms with van der Waals surface area (Å²) in [6.07, 6.45) is 12.1. The van der Waals surface area contributed by atoms with E-state index in [-0.39, 0.29) is 6.10 Å². The van der Waals surface area contributed by atoms with Gasteiger partial charge in [-0.25, -0.2) is 4.98 Å². The van der Waals surface area contributed by atoms with Gasteiger partial charge in [-0.15, -0.1) is 0 Å². The number of unbranched alkanes of at least 4 members (excludes halogenated alkanes) is 5. The minimum atomic E-state index is 0.177. The number of morpholine rings is 1. The van der Waals surface area contributed by atoms with Crippen LogP contribution >= 0.6 is 0 Å². The molecule has 1 saturated heterocycles. The van der Waals surface area contributed by atoms with Crippen molar-refractivity contribution >= 4 is 0 Å². The second-order valence-corrected chi connectivity index (χ2v) is 5.34. The number of nitrogens with zero attached hydrogens (tertiary/aromatic N) is 2. The predicted octanol–water partition coefficient (Wildman–Crippen LogP) is 2.90. The summed E-state index contributed by atoms with van der Waals surface area (Å²) < 4.78 is 8.06. The maximum Gasteiger partial charge on any atom is 0.111 e. The lowest BCUT2D eigenvalue weighted by Crippen LogP contribution is -2.34. The average Bonchev–Trinajstić information content (AvgIpc) is 2.92. The molecule has 4 heteroatoms. The van der Waals surface area contributed by atoms with Gasteiger partial charge in [0.15, 0.2) is 0 Å². The van der Waals surface area contributed by atoms with Gasteiger partial charge in [-0.3, -0.25) is 0 Å². The Balaban J connectivity index is 1.73. The Morgan fingerprint density at radius 1 is 1.32 bits per heavy atom. The Morgan fingerprint density at radius 3 is 2.95 bits per heavy atom. The number of imidazole rings is 1. The zero-order valence-corrected chi connectivity index (χ0v) is 12.1. The molecule has 1 aliphatic rings. The van der Waals surface area contributed by atoms with Crippen LogP contribution in [0.4, 0.5) is 0 Å². The molecule has 19 heavy (non-hydrogen) atoms. The number of ether oxygens (including phenoxy) is 1. The minimum Gasteiger partial charge on any atom is -0.369 e. The molecule has 0 aromatic carbocycles. The molecule has 0 bridgehead atoms. The Labute approximate surface area is 116 Å². The molecule has 1 aliphatic heterocycles. The van der Waals surface area contributed by atoms with Crippen LogP contribution in [0.1, 0.15) is 57.2 Å². The lowest BCUT2D eigenvalue weighted by molar-refractivity contribution is 0.0227. The van der Waals surface area contributed by atoms with Gasteiger partial charge in [-0.1, -0.05) is 39.0 Å². The standard InChI is InChI=1S/C15H27N3O/c1-2-3-4-5-6-7-9-18-13-17-11-14(18)15-12-16-8-10-19-15/h11,13,15-16H,2-10,12H2,1H3. The Hall–Kier alpha value is -0.870. The molecule has 0 saturated carbocycles. The fourth-order valence-corrected chi connectivity index (χ4v) is 2.60. The normalized spacial score (nSPS) is 19.7. The van der Waals surface area contributed by atoms with E-state index < -0.39 is 0 Å². The van der Waals surface area contributed by atoms with Crippen LogP contribution in [0.2, 0.25) is 0 Å². The smallest absolute Gasteiger partial charge is 0.111 e. The summed E-state index contributed by atoms with van der Waals surface area (Å²) in [7, 11) is 0.